The molecule has 0 fully saturated rings. The number of ether oxygens (including phenoxy) is 1. The van der Waals surface area contributed by atoms with Gasteiger partial charge in [0.2, 0.25) is 0 Å². The zero-order valence-electron chi connectivity index (χ0n) is 11.7. The van der Waals surface area contributed by atoms with Gasteiger partial charge in [-0.15, -0.1) is 0 Å². The van der Waals surface area contributed by atoms with E-state index >= 15 is 0 Å². The van der Waals surface area contributed by atoms with Crippen LogP contribution in [0.1, 0.15) is 17.5 Å². The van der Waals surface area contributed by atoms with Crippen molar-refractivity contribution in [2.75, 3.05) is 7.11 Å². The molecule has 0 radical (unpaired) electrons. The largest absolute Gasteiger partial charge is 0.497 e. The van der Waals surface area contributed by atoms with Crippen LogP contribution < -0.4 is 10.5 Å². The number of nitrogens with two attached hydrogens (primary N) is 1. The molecule has 0 saturated heterocycles. The summed E-state index contributed by atoms with van der Waals surface area (Å²) in [7, 11) is 1.68. The normalized spacial score (nSPS) is 12.2. The number of hydrogen-bond donors (Lipinski definition) is 1. The van der Waals surface area contributed by atoms with Crippen molar-refractivity contribution in [3.8, 4) is 5.75 Å². The van der Waals surface area contributed by atoms with E-state index in [1.54, 1.807) is 7.11 Å². The highest BCUT2D eigenvalue weighted by Crippen LogP contribution is 2.24. The number of aryl methyl sites for hydroxylation is 1. The van der Waals surface area contributed by atoms with Crippen LogP contribution in [0.5, 0.6) is 5.75 Å². The Morgan fingerprint density at radius 2 is 1.90 bits per heavy atom. The van der Waals surface area contributed by atoms with Gasteiger partial charge in [0, 0.05) is 10.5 Å². The van der Waals surface area contributed by atoms with Crippen molar-refractivity contribution >= 4 is 15.9 Å². The number of methoxy groups -OCH3 is 1. The highest BCUT2D eigenvalue weighted by Gasteiger charge is 2.08. The van der Waals surface area contributed by atoms with Gasteiger partial charge in [-0.3, -0.25) is 0 Å². The van der Waals surface area contributed by atoms with Crippen molar-refractivity contribution in [3.05, 3.63) is 64.1 Å². The Morgan fingerprint density at radius 1 is 1.15 bits per heavy atom. The van der Waals surface area contributed by atoms with Gasteiger partial charge in [-0.1, -0.05) is 46.3 Å². The maximum absolute atomic E-state index is 6.25. The second kappa shape index (κ2) is 7.46. The van der Waals surface area contributed by atoms with Gasteiger partial charge < -0.3 is 10.5 Å². The van der Waals surface area contributed by atoms with Gasteiger partial charge in [-0.2, -0.15) is 0 Å². The summed E-state index contributed by atoms with van der Waals surface area (Å²) in [6, 6.07) is 16.6. The van der Waals surface area contributed by atoms with E-state index in [0.717, 1.165) is 29.5 Å². The van der Waals surface area contributed by atoms with Gasteiger partial charge in [0.25, 0.3) is 0 Å². The summed E-state index contributed by atoms with van der Waals surface area (Å²) < 4.78 is 6.35. The van der Waals surface area contributed by atoms with E-state index in [2.05, 4.69) is 40.2 Å². The summed E-state index contributed by atoms with van der Waals surface area (Å²) in [6.45, 7) is 0. The topological polar surface area (TPSA) is 35.2 Å². The predicted octanol–water partition coefficient (Wildman–Crippen LogP) is 3.96. The first-order chi connectivity index (χ1) is 9.69. The smallest absolute Gasteiger partial charge is 0.119 e. The predicted molar refractivity (Wildman–Crippen MR) is 87.1 cm³/mol. The standard InChI is InChI=1S/C17H20BrNO/c1-20-16-9-10-17(18)14(12-16)11-15(19)8-7-13-5-3-2-4-6-13/h2-6,9-10,12,15H,7-8,11,19H2,1H3. The van der Waals surface area contributed by atoms with Gasteiger partial charge in [-0.25, -0.2) is 0 Å². The number of halogens is 1. The van der Waals surface area contributed by atoms with Crippen molar-refractivity contribution in [1.29, 1.82) is 0 Å². The van der Waals surface area contributed by atoms with Gasteiger partial charge in [0.15, 0.2) is 0 Å². The lowest BCUT2D eigenvalue weighted by Gasteiger charge is -2.14. The average molecular weight is 334 g/mol. The third-order valence-electron chi connectivity index (χ3n) is 3.38. The first-order valence-electron chi connectivity index (χ1n) is 6.81. The molecule has 0 aliphatic carbocycles. The zero-order chi connectivity index (χ0) is 14.4. The van der Waals surface area contributed by atoms with Crippen molar-refractivity contribution in [2.45, 2.75) is 25.3 Å². The molecule has 0 spiro atoms. The average Bonchev–Trinajstić information content (AvgIpc) is 2.48. The molecule has 0 aromatic heterocycles. The molecule has 3 heteroatoms. The van der Waals surface area contributed by atoms with E-state index in [9.17, 15) is 0 Å². The highest BCUT2D eigenvalue weighted by molar-refractivity contribution is 9.10. The second-order valence-corrected chi connectivity index (χ2v) is 5.80. The minimum Gasteiger partial charge on any atom is -0.497 e. The molecule has 20 heavy (non-hydrogen) atoms. The first-order valence-corrected chi connectivity index (χ1v) is 7.60. The molecule has 0 saturated carbocycles. The van der Waals surface area contributed by atoms with Crippen LogP contribution in [0.4, 0.5) is 0 Å². The first kappa shape index (κ1) is 15.1. The Bertz CT molecular complexity index is 542. The van der Waals surface area contributed by atoms with Crippen LogP contribution >= 0.6 is 15.9 Å². The maximum Gasteiger partial charge on any atom is 0.119 e. The summed E-state index contributed by atoms with van der Waals surface area (Å²) in [6.07, 6.45) is 2.85. The van der Waals surface area contributed by atoms with Crippen LogP contribution in [0.2, 0.25) is 0 Å². The van der Waals surface area contributed by atoms with E-state index in [0.29, 0.717) is 0 Å². The molecule has 1 unspecified atom stereocenters. The molecular formula is C17H20BrNO. The van der Waals surface area contributed by atoms with E-state index in [1.165, 1.54) is 11.1 Å². The van der Waals surface area contributed by atoms with Crippen LogP contribution in [-0.4, -0.2) is 13.2 Å². The van der Waals surface area contributed by atoms with Crippen LogP contribution in [0, 0.1) is 0 Å². The second-order valence-electron chi connectivity index (χ2n) is 4.95. The number of rotatable bonds is 6. The molecule has 2 aromatic carbocycles. The van der Waals surface area contributed by atoms with E-state index in [-0.39, 0.29) is 6.04 Å². The number of hydrogen-bond acceptors (Lipinski definition) is 2. The quantitative estimate of drug-likeness (QED) is 0.868. The molecule has 2 nitrogen and oxygen atoms in total. The molecule has 0 amide bonds. The van der Waals surface area contributed by atoms with Crippen molar-refractivity contribution in [2.24, 2.45) is 5.73 Å². The van der Waals surface area contributed by atoms with Crippen LogP contribution in [0.15, 0.2) is 53.0 Å². The summed E-state index contributed by atoms with van der Waals surface area (Å²) in [5, 5.41) is 0. The van der Waals surface area contributed by atoms with Crippen LogP contribution in [-0.2, 0) is 12.8 Å². The maximum atomic E-state index is 6.25. The molecule has 106 valence electrons. The Labute approximate surface area is 129 Å². The molecule has 2 aromatic rings. The van der Waals surface area contributed by atoms with E-state index < -0.39 is 0 Å². The molecule has 2 rings (SSSR count). The molecule has 0 heterocycles. The lowest BCUT2D eigenvalue weighted by Crippen LogP contribution is -2.23. The van der Waals surface area contributed by atoms with E-state index in [1.807, 2.05) is 24.3 Å². The Hall–Kier alpha value is -1.32. The molecule has 0 aliphatic rings. The summed E-state index contributed by atoms with van der Waals surface area (Å²) >= 11 is 3.57. The monoisotopic (exact) mass is 333 g/mol. The Kier molecular flexibility index (Phi) is 5.62. The van der Waals surface area contributed by atoms with Gasteiger partial charge in [-0.05, 0) is 48.6 Å². The van der Waals surface area contributed by atoms with Gasteiger partial charge in [0.05, 0.1) is 7.11 Å². The summed E-state index contributed by atoms with van der Waals surface area (Å²) in [4.78, 5) is 0. The highest BCUT2D eigenvalue weighted by atomic mass is 79.9. The lowest BCUT2D eigenvalue weighted by molar-refractivity contribution is 0.414. The van der Waals surface area contributed by atoms with Crippen LogP contribution in [0.25, 0.3) is 0 Å². The Balaban J connectivity index is 1.92. The fourth-order valence-corrected chi connectivity index (χ4v) is 2.62. The minimum absolute atomic E-state index is 0.151. The fraction of sp³-hybridized carbons (Fsp3) is 0.294. The van der Waals surface area contributed by atoms with E-state index in [4.69, 9.17) is 10.5 Å². The van der Waals surface area contributed by atoms with Gasteiger partial charge >= 0.3 is 0 Å². The van der Waals surface area contributed by atoms with Crippen molar-refractivity contribution < 1.29 is 4.74 Å². The lowest BCUT2D eigenvalue weighted by atomic mass is 10.00. The Morgan fingerprint density at radius 3 is 2.60 bits per heavy atom. The third-order valence-corrected chi connectivity index (χ3v) is 4.16. The summed E-state index contributed by atoms with van der Waals surface area (Å²) in [5.74, 6) is 0.874. The number of benzene rings is 2. The van der Waals surface area contributed by atoms with Crippen molar-refractivity contribution in [1.82, 2.24) is 0 Å². The molecule has 1 atom stereocenters. The molecule has 2 N–H and O–H groups in total. The molecule has 0 aliphatic heterocycles. The fourth-order valence-electron chi connectivity index (χ4n) is 2.22. The minimum atomic E-state index is 0.151. The van der Waals surface area contributed by atoms with Gasteiger partial charge in [0.1, 0.15) is 5.75 Å². The molecule has 0 bridgehead atoms. The summed E-state index contributed by atoms with van der Waals surface area (Å²) in [5.41, 5.74) is 8.79. The van der Waals surface area contributed by atoms with Crippen LogP contribution in [0.3, 0.4) is 0 Å². The molecular weight excluding hydrogens is 314 g/mol. The zero-order valence-corrected chi connectivity index (χ0v) is 13.3. The SMILES string of the molecule is COc1ccc(Br)c(CC(N)CCc2ccccc2)c1. The van der Waals surface area contributed by atoms with Crippen molar-refractivity contribution in [3.63, 3.8) is 0 Å². The third kappa shape index (κ3) is 4.36.